The zero-order chi connectivity index (χ0) is 14.8. The van der Waals surface area contributed by atoms with Crippen molar-refractivity contribution in [3.05, 3.63) is 70.9 Å². The number of aromatic carboxylic acids is 1. The third kappa shape index (κ3) is 2.93. The molecule has 2 aromatic carbocycles. The molecule has 3 rings (SSSR count). The van der Waals surface area contributed by atoms with Crippen LogP contribution in [-0.4, -0.2) is 17.6 Å². The van der Waals surface area contributed by atoms with Crippen LogP contribution in [0, 0.1) is 0 Å². The first kappa shape index (κ1) is 13.7. The van der Waals surface area contributed by atoms with E-state index >= 15 is 0 Å². The number of carboxylic acids is 1. The minimum atomic E-state index is -0.898. The molecule has 0 radical (unpaired) electrons. The van der Waals surface area contributed by atoms with Gasteiger partial charge < -0.3 is 10.0 Å². The van der Waals surface area contributed by atoms with Gasteiger partial charge in [0.05, 0.1) is 5.56 Å². The Balaban J connectivity index is 1.82. The van der Waals surface area contributed by atoms with E-state index in [-0.39, 0.29) is 0 Å². The Morgan fingerprint density at radius 2 is 1.71 bits per heavy atom. The smallest absolute Gasteiger partial charge is 0.335 e. The first-order chi connectivity index (χ1) is 10.1. The van der Waals surface area contributed by atoms with Crippen LogP contribution in [0.2, 0.25) is 5.02 Å². The average molecular weight is 300 g/mol. The van der Waals surface area contributed by atoms with E-state index < -0.39 is 5.97 Å². The number of carboxylic acid groups (broad SMARTS) is 1. The van der Waals surface area contributed by atoms with Crippen LogP contribution in [0.15, 0.2) is 54.7 Å². The summed E-state index contributed by atoms with van der Waals surface area (Å²) in [5.41, 5.74) is 3.70. The van der Waals surface area contributed by atoms with Crippen molar-refractivity contribution in [1.29, 1.82) is 0 Å². The predicted molar refractivity (Wildman–Crippen MR) is 84.8 cm³/mol. The van der Waals surface area contributed by atoms with Crippen LogP contribution in [0.5, 0.6) is 0 Å². The quantitative estimate of drug-likeness (QED) is 0.919. The third-order valence-corrected chi connectivity index (χ3v) is 3.85. The Hall–Kier alpha value is -2.26. The first-order valence-corrected chi connectivity index (χ1v) is 7.08. The van der Waals surface area contributed by atoms with Crippen molar-refractivity contribution in [3.8, 4) is 0 Å². The number of halogens is 1. The zero-order valence-electron chi connectivity index (χ0n) is 11.3. The largest absolute Gasteiger partial charge is 0.478 e. The zero-order valence-corrected chi connectivity index (χ0v) is 12.0. The molecule has 21 heavy (non-hydrogen) atoms. The van der Waals surface area contributed by atoms with Gasteiger partial charge in [0.2, 0.25) is 0 Å². The Morgan fingerprint density at radius 3 is 2.33 bits per heavy atom. The summed E-state index contributed by atoms with van der Waals surface area (Å²) >= 11 is 5.90. The fourth-order valence-electron chi connectivity index (χ4n) is 2.44. The van der Waals surface area contributed by atoms with E-state index in [1.807, 2.05) is 36.4 Å². The second-order valence-electron chi connectivity index (χ2n) is 4.96. The van der Waals surface area contributed by atoms with E-state index in [4.69, 9.17) is 16.7 Å². The van der Waals surface area contributed by atoms with Gasteiger partial charge in [-0.15, -0.1) is 0 Å². The molecule has 1 N–H and O–H groups in total. The van der Waals surface area contributed by atoms with Crippen molar-refractivity contribution < 1.29 is 9.90 Å². The molecule has 0 saturated carbocycles. The van der Waals surface area contributed by atoms with Crippen molar-refractivity contribution in [1.82, 2.24) is 0 Å². The van der Waals surface area contributed by atoms with Gasteiger partial charge in [-0.25, -0.2) is 4.79 Å². The van der Waals surface area contributed by atoms with Crippen molar-refractivity contribution >= 4 is 28.8 Å². The summed E-state index contributed by atoms with van der Waals surface area (Å²) in [4.78, 5) is 13.0. The van der Waals surface area contributed by atoms with Gasteiger partial charge >= 0.3 is 5.97 Å². The molecule has 1 aliphatic heterocycles. The molecule has 3 nitrogen and oxygen atoms in total. The number of anilines is 1. The average Bonchev–Trinajstić information content (AvgIpc) is 2.98. The number of rotatable bonds is 3. The van der Waals surface area contributed by atoms with Crippen LogP contribution < -0.4 is 4.90 Å². The summed E-state index contributed by atoms with van der Waals surface area (Å²) in [6.45, 7) is 0.914. The van der Waals surface area contributed by atoms with Crippen molar-refractivity contribution in [2.24, 2.45) is 0 Å². The molecule has 0 atom stereocenters. The Labute approximate surface area is 128 Å². The molecule has 0 bridgehead atoms. The third-order valence-electron chi connectivity index (χ3n) is 3.59. The molecule has 0 aliphatic carbocycles. The van der Waals surface area contributed by atoms with Crippen molar-refractivity contribution in [3.63, 3.8) is 0 Å². The fourth-order valence-corrected chi connectivity index (χ4v) is 2.57. The van der Waals surface area contributed by atoms with E-state index in [1.165, 1.54) is 5.57 Å². The molecule has 1 heterocycles. The molecule has 0 saturated heterocycles. The minimum Gasteiger partial charge on any atom is -0.478 e. The van der Waals surface area contributed by atoms with E-state index in [9.17, 15) is 4.79 Å². The van der Waals surface area contributed by atoms with Crippen molar-refractivity contribution in [2.45, 2.75) is 6.42 Å². The Morgan fingerprint density at radius 1 is 1.05 bits per heavy atom. The van der Waals surface area contributed by atoms with E-state index in [0.29, 0.717) is 5.56 Å². The second kappa shape index (κ2) is 5.62. The molecule has 0 aromatic heterocycles. The highest BCUT2D eigenvalue weighted by atomic mass is 35.5. The maximum absolute atomic E-state index is 10.9. The maximum Gasteiger partial charge on any atom is 0.335 e. The molecule has 4 heteroatoms. The second-order valence-corrected chi connectivity index (χ2v) is 5.39. The molecular formula is C17H14ClNO2. The highest BCUT2D eigenvalue weighted by Crippen LogP contribution is 2.29. The molecule has 1 aliphatic rings. The van der Waals surface area contributed by atoms with E-state index in [0.717, 1.165) is 29.2 Å². The number of hydrogen-bond acceptors (Lipinski definition) is 2. The van der Waals surface area contributed by atoms with E-state index in [2.05, 4.69) is 11.1 Å². The molecule has 0 fully saturated rings. The first-order valence-electron chi connectivity index (χ1n) is 6.70. The summed E-state index contributed by atoms with van der Waals surface area (Å²) in [5, 5.41) is 9.65. The lowest BCUT2D eigenvalue weighted by atomic mass is 10.0. The summed E-state index contributed by atoms with van der Waals surface area (Å²) < 4.78 is 0. The van der Waals surface area contributed by atoms with E-state index in [1.54, 1.807) is 12.1 Å². The molecule has 0 unspecified atom stereocenters. The van der Waals surface area contributed by atoms with Gasteiger partial charge in [0.25, 0.3) is 0 Å². The van der Waals surface area contributed by atoms with Gasteiger partial charge in [0, 0.05) is 23.5 Å². The van der Waals surface area contributed by atoms with Crippen LogP contribution in [0.4, 0.5) is 5.69 Å². The van der Waals surface area contributed by atoms with Crippen LogP contribution in [0.1, 0.15) is 22.3 Å². The number of carbonyl (C=O) groups is 1. The van der Waals surface area contributed by atoms with Gasteiger partial charge in [-0.1, -0.05) is 23.7 Å². The van der Waals surface area contributed by atoms with Gasteiger partial charge in [0.15, 0.2) is 0 Å². The summed E-state index contributed by atoms with van der Waals surface area (Å²) in [7, 11) is 0. The highest BCUT2D eigenvalue weighted by molar-refractivity contribution is 6.30. The highest BCUT2D eigenvalue weighted by Gasteiger charge is 2.15. The number of nitrogens with zero attached hydrogens (tertiary/aromatic N) is 1. The lowest BCUT2D eigenvalue weighted by Gasteiger charge is -2.14. The fraction of sp³-hybridized carbons (Fsp3) is 0.118. The lowest BCUT2D eigenvalue weighted by Crippen LogP contribution is -2.11. The standard InChI is InChI=1S/C17H14ClNO2/c18-15-5-7-16(8-6-15)19-10-9-14(11-19)12-1-3-13(4-2-12)17(20)21/h1-8,11H,9-10H2,(H,20,21). The summed E-state index contributed by atoms with van der Waals surface area (Å²) in [6, 6.07) is 14.8. The monoisotopic (exact) mass is 299 g/mol. The summed E-state index contributed by atoms with van der Waals surface area (Å²) in [6.07, 6.45) is 3.05. The SMILES string of the molecule is O=C(O)c1ccc(C2=CN(c3ccc(Cl)cc3)CC2)cc1. The topological polar surface area (TPSA) is 40.5 Å². The van der Waals surface area contributed by atoms with Gasteiger partial charge in [-0.05, 0) is 54.0 Å². The summed E-state index contributed by atoms with van der Waals surface area (Å²) in [5.74, 6) is -0.898. The van der Waals surface area contributed by atoms with Gasteiger partial charge in [-0.2, -0.15) is 0 Å². The minimum absolute atomic E-state index is 0.312. The van der Waals surface area contributed by atoms with Crippen LogP contribution >= 0.6 is 11.6 Å². The normalized spacial score (nSPS) is 14.1. The maximum atomic E-state index is 10.9. The predicted octanol–water partition coefficient (Wildman–Crippen LogP) is 4.29. The van der Waals surface area contributed by atoms with Crippen LogP contribution in [-0.2, 0) is 0 Å². The lowest BCUT2D eigenvalue weighted by molar-refractivity contribution is 0.0697. The molecule has 0 amide bonds. The molecule has 2 aromatic rings. The molecular weight excluding hydrogens is 286 g/mol. The Kier molecular flexibility index (Phi) is 3.67. The number of hydrogen-bond donors (Lipinski definition) is 1. The van der Waals surface area contributed by atoms with Crippen LogP contribution in [0.25, 0.3) is 5.57 Å². The Bertz CT molecular complexity index is 690. The van der Waals surface area contributed by atoms with Crippen LogP contribution in [0.3, 0.4) is 0 Å². The van der Waals surface area contributed by atoms with Crippen molar-refractivity contribution in [2.75, 3.05) is 11.4 Å². The van der Waals surface area contributed by atoms with Gasteiger partial charge in [-0.3, -0.25) is 0 Å². The molecule has 106 valence electrons. The van der Waals surface area contributed by atoms with Gasteiger partial charge in [0.1, 0.15) is 0 Å². The molecule has 0 spiro atoms. The number of benzene rings is 2.